The molecule has 1 aliphatic heterocycles. The molecule has 2 aromatic rings. The molecule has 25 heavy (non-hydrogen) atoms. The molecule has 130 valence electrons. The molecule has 8 heteroatoms. The van der Waals surface area contributed by atoms with Crippen LogP contribution in [-0.4, -0.2) is 35.2 Å². The average molecular weight is 375 g/mol. The third kappa shape index (κ3) is 3.32. The maximum absolute atomic E-state index is 12.8. The molecule has 2 heterocycles. The summed E-state index contributed by atoms with van der Waals surface area (Å²) in [7, 11) is 3.12. The summed E-state index contributed by atoms with van der Waals surface area (Å²) in [6.07, 6.45) is 2.51. The second kappa shape index (κ2) is 7.37. The molecule has 1 aliphatic rings. The number of methoxy groups -OCH3 is 2. The van der Waals surface area contributed by atoms with Crippen molar-refractivity contribution in [3.63, 3.8) is 0 Å². The van der Waals surface area contributed by atoms with Crippen molar-refractivity contribution in [3.05, 3.63) is 38.7 Å². The fourth-order valence-corrected chi connectivity index (χ4v) is 4.45. The number of thioether (sulfide) groups is 1. The van der Waals surface area contributed by atoms with E-state index in [-0.39, 0.29) is 10.8 Å². The van der Waals surface area contributed by atoms with Crippen molar-refractivity contribution in [2.75, 3.05) is 14.2 Å². The highest BCUT2D eigenvalue weighted by atomic mass is 32.2. The van der Waals surface area contributed by atoms with Gasteiger partial charge in [-0.15, -0.1) is 21.5 Å². The molecule has 0 amide bonds. The fraction of sp³-hybridized carbons (Fsp3) is 0.294. The molecule has 0 spiro atoms. The number of ether oxygens (including phenoxy) is 2. The van der Waals surface area contributed by atoms with Crippen molar-refractivity contribution in [1.29, 1.82) is 5.41 Å². The van der Waals surface area contributed by atoms with Crippen LogP contribution in [0.25, 0.3) is 6.08 Å². The van der Waals surface area contributed by atoms with Gasteiger partial charge in [0.1, 0.15) is 15.9 Å². The molecule has 1 N–H and O–H groups in total. The number of benzene rings is 1. The maximum atomic E-state index is 12.8. The van der Waals surface area contributed by atoms with Gasteiger partial charge >= 0.3 is 0 Å². The minimum atomic E-state index is -0.648. The SMILES string of the molecule is CCc1nnc(C2C(=N)SC(=Cc3cccc(OC)c3OC)C2=O)s1. The Balaban J connectivity index is 1.96. The normalized spacial score (nSPS) is 18.8. The van der Waals surface area contributed by atoms with E-state index in [1.54, 1.807) is 26.4 Å². The summed E-state index contributed by atoms with van der Waals surface area (Å²) < 4.78 is 10.7. The van der Waals surface area contributed by atoms with Crippen LogP contribution in [0.4, 0.5) is 0 Å². The number of nitrogens with zero attached hydrogens (tertiary/aromatic N) is 2. The first-order valence-electron chi connectivity index (χ1n) is 7.64. The number of aryl methyl sites for hydroxylation is 1. The lowest BCUT2D eigenvalue weighted by Gasteiger charge is -2.10. The summed E-state index contributed by atoms with van der Waals surface area (Å²) in [5.41, 5.74) is 0.734. The van der Waals surface area contributed by atoms with Crippen LogP contribution in [0, 0.1) is 5.41 Å². The number of para-hydroxylation sites is 1. The molecule has 3 rings (SSSR count). The largest absolute Gasteiger partial charge is 0.493 e. The summed E-state index contributed by atoms with van der Waals surface area (Å²) in [5, 5.41) is 18.1. The number of allylic oxidation sites excluding steroid dienone is 1. The van der Waals surface area contributed by atoms with Crippen LogP contribution in [0.15, 0.2) is 23.1 Å². The predicted molar refractivity (Wildman–Crippen MR) is 99.9 cm³/mol. The van der Waals surface area contributed by atoms with Gasteiger partial charge in [0.15, 0.2) is 17.3 Å². The van der Waals surface area contributed by atoms with E-state index in [2.05, 4.69) is 10.2 Å². The molecule has 1 atom stereocenters. The van der Waals surface area contributed by atoms with Crippen LogP contribution in [0.1, 0.15) is 28.4 Å². The first-order chi connectivity index (χ1) is 12.1. The Hall–Kier alpha value is -2.19. The van der Waals surface area contributed by atoms with Gasteiger partial charge < -0.3 is 9.47 Å². The van der Waals surface area contributed by atoms with Gasteiger partial charge in [0.25, 0.3) is 0 Å². The van der Waals surface area contributed by atoms with Crippen LogP contribution in [0.2, 0.25) is 0 Å². The summed E-state index contributed by atoms with van der Waals surface area (Å²) in [4.78, 5) is 13.3. The molecule has 1 aromatic carbocycles. The third-order valence-electron chi connectivity index (χ3n) is 3.74. The van der Waals surface area contributed by atoms with Gasteiger partial charge in [-0.2, -0.15) is 0 Å². The zero-order valence-electron chi connectivity index (χ0n) is 14.0. The number of ketones is 1. The van der Waals surface area contributed by atoms with Crippen molar-refractivity contribution < 1.29 is 14.3 Å². The standard InChI is InChI=1S/C17H17N3O3S2/c1-4-12-19-20-17(25-12)13-14(21)11(24-16(13)18)8-9-6-5-7-10(22-2)15(9)23-3/h5-8,13,18H,4H2,1-3H3. The number of carbonyl (C=O) groups excluding carboxylic acids is 1. The van der Waals surface area contributed by atoms with Gasteiger partial charge in [0, 0.05) is 5.56 Å². The Labute approximate surface area is 153 Å². The predicted octanol–water partition coefficient (Wildman–Crippen LogP) is 3.54. The molecule has 0 aliphatic carbocycles. The zero-order valence-corrected chi connectivity index (χ0v) is 15.7. The van der Waals surface area contributed by atoms with E-state index in [1.807, 2.05) is 19.1 Å². The number of hydrogen-bond donors (Lipinski definition) is 1. The van der Waals surface area contributed by atoms with Crippen LogP contribution < -0.4 is 9.47 Å². The quantitative estimate of drug-likeness (QED) is 0.805. The lowest BCUT2D eigenvalue weighted by Crippen LogP contribution is -2.11. The lowest BCUT2D eigenvalue weighted by molar-refractivity contribution is -0.114. The van der Waals surface area contributed by atoms with E-state index in [4.69, 9.17) is 14.9 Å². The number of Topliss-reactive ketones (excluding diaryl/α,β-unsaturated/α-hetero) is 1. The van der Waals surface area contributed by atoms with E-state index >= 15 is 0 Å². The molecule has 0 radical (unpaired) electrons. The van der Waals surface area contributed by atoms with Crippen LogP contribution in [0.5, 0.6) is 11.5 Å². The highest BCUT2D eigenvalue weighted by Crippen LogP contribution is 2.43. The van der Waals surface area contributed by atoms with E-state index in [0.717, 1.165) is 28.8 Å². The van der Waals surface area contributed by atoms with Crippen molar-refractivity contribution in [3.8, 4) is 11.5 Å². The number of aromatic nitrogens is 2. The van der Waals surface area contributed by atoms with E-state index < -0.39 is 5.92 Å². The highest BCUT2D eigenvalue weighted by Gasteiger charge is 2.39. The Bertz CT molecular complexity index is 861. The molecule has 1 saturated heterocycles. The molecule has 1 aromatic heterocycles. The van der Waals surface area contributed by atoms with Gasteiger partial charge in [-0.1, -0.05) is 30.8 Å². The molecule has 1 fully saturated rings. The van der Waals surface area contributed by atoms with E-state index in [1.165, 1.54) is 11.3 Å². The average Bonchev–Trinajstić information content (AvgIpc) is 3.19. The Morgan fingerprint density at radius 1 is 1.28 bits per heavy atom. The molecule has 0 bridgehead atoms. The van der Waals surface area contributed by atoms with Crippen LogP contribution in [-0.2, 0) is 11.2 Å². The van der Waals surface area contributed by atoms with Crippen LogP contribution >= 0.6 is 23.1 Å². The summed E-state index contributed by atoms with van der Waals surface area (Å²) in [5.74, 6) is 0.380. The Kier molecular flexibility index (Phi) is 5.19. The Morgan fingerprint density at radius 3 is 2.72 bits per heavy atom. The molecular weight excluding hydrogens is 358 g/mol. The van der Waals surface area contributed by atoms with E-state index in [9.17, 15) is 4.79 Å². The Morgan fingerprint density at radius 2 is 2.08 bits per heavy atom. The minimum absolute atomic E-state index is 0.126. The second-order valence-corrected chi connectivity index (χ2v) is 7.42. The smallest absolute Gasteiger partial charge is 0.186 e. The molecule has 0 saturated carbocycles. The van der Waals surface area contributed by atoms with Gasteiger partial charge in [-0.05, 0) is 18.6 Å². The number of nitrogens with one attached hydrogen (secondary N) is 1. The van der Waals surface area contributed by atoms with Gasteiger partial charge in [-0.25, -0.2) is 0 Å². The zero-order chi connectivity index (χ0) is 18.0. The number of carbonyl (C=O) groups is 1. The molecular formula is C17H17N3O3S2. The monoisotopic (exact) mass is 375 g/mol. The number of rotatable bonds is 5. The summed E-state index contributed by atoms with van der Waals surface area (Å²) >= 11 is 2.55. The third-order valence-corrected chi connectivity index (χ3v) is 5.87. The van der Waals surface area contributed by atoms with Crippen molar-refractivity contribution in [2.24, 2.45) is 0 Å². The molecule has 6 nitrogen and oxygen atoms in total. The topological polar surface area (TPSA) is 85.2 Å². The minimum Gasteiger partial charge on any atom is -0.493 e. The summed E-state index contributed by atoms with van der Waals surface area (Å²) in [6.45, 7) is 1.99. The van der Waals surface area contributed by atoms with Crippen LogP contribution in [0.3, 0.4) is 0 Å². The first kappa shape index (κ1) is 17.6. The lowest BCUT2D eigenvalue weighted by atomic mass is 10.0. The van der Waals surface area contributed by atoms with Crippen molar-refractivity contribution >= 4 is 40.0 Å². The maximum Gasteiger partial charge on any atom is 0.186 e. The van der Waals surface area contributed by atoms with Gasteiger partial charge in [-0.3, -0.25) is 10.2 Å². The second-order valence-electron chi connectivity index (χ2n) is 5.24. The summed E-state index contributed by atoms with van der Waals surface area (Å²) in [6, 6.07) is 5.47. The van der Waals surface area contributed by atoms with Gasteiger partial charge in [0.05, 0.1) is 24.2 Å². The van der Waals surface area contributed by atoms with Crippen molar-refractivity contribution in [2.45, 2.75) is 19.3 Å². The first-order valence-corrected chi connectivity index (χ1v) is 9.27. The van der Waals surface area contributed by atoms with Crippen molar-refractivity contribution in [1.82, 2.24) is 10.2 Å². The highest BCUT2D eigenvalue weighted by molar-refractivity contribution is 8.19. The molecule has 1 unspecified atom stereocenters. The van der Waals surface area contributed by atoms with E-state index in [0.29, 0.717) is 21.4 Å². The fourth-order valence-electron chi connectivity index (χ4n) is 2.51. The van der Waals surface area contributed by atoms with Gasteiger partial charge in [0.2, 0.25) is 0 Å². The number of hydrogen-bond acceptors (Lipinski definition) is 8.